The van der Waals surface area contributed by atoms with Crippen molar-refractivity contribution >= 4 is 27.6 Å². The minimum absolute atomic E-state index is 0.207. The highest BCUT2D eigenvalue weighted by Gasteiger charge is 2.22. The number of anilines is 2. The van der Waals surface area contributed by atoms with E-state index >= 15 is 0 Å². The predicted molar refractivity (Wildman–Crippen MR) is 115 cm³/mol. The molecule has 1 saturated heterocycles. The van der Waals surface area contributed by atoms with E-state index in [2.05, 4.69) is 30.6 Å². The van der Waals surface area contributed by atoms with Gasteiger partial charge in [0.25, 0.3) is 0 Å². The second-order valence-electron chi connectivity index (χ2n) is 7.70. The number of urea groups is 1. The summed E-state index contributed by atoms with van der Waals surface area (Å²) >= 11 is 1.39. The first-order chi connectivity index (χ1) is 14.6. The normalized spacial score (nSPS) is 17.9. The molecule has 1 saturated carbocycles. The molecule has 0 bridgehead atoms. The average molecular weight is 435 g/mol. The summed E-state index contributed by atoms with van der Waals surface area (Å²) in [5.41, 5.74) is 0.928. The molecule has 8 nitrogen and oxygen atoms in total. The van der Waals surface area contributed by atoms with Crippen molar-refractivity contribution in [3.05, 3.63) is 29.6 Å². The molecule has 1 aliphatic carbocycles. The molecule has 162 valence electrons. The van der Waals surface area contributed by atoms with Crippen molar-refractivity contribution in [1.29, 1.82) is 0 Å². The Bertz CT molecular complexity index is 865. The number of aromatic nitrogens is 2. The largest absolute Gasteiger partial charge is 0.494 e. The third-order valence-corrected chi connectivity index (χ3v) is 6.49. The zero-order valence-electron chi connectivity index (χ0n) is 17.1. The van der Waals surface area contributed by atoms with Gasteiger partial charge >= 0.3 is 6.03 Å². The average Bonchev–Trinajstić information content (AvgIpc) is 3.41. The summed E-state index contributed by atoms with van der Waals surface area (Å²) in [5.74, 6) is -0.0688. The van der Waals surface area contributed by atoms with Gasteiger partial charge in [-0.05, 0) is 30.5 Å². The van der Waals surface area contributed by atoms with Gasteiger partial charge in [0.2, 0.25) is 10.3 Å². The Labute approximate surface area is 179 Å². The number of carbonyl (C=O) groups is 1. The zero-order chi connectivity index (χ0) is 20.9. The maximum Gasteiger partial charge on any atom is 0.321 e. The topological polar surface area (TPSA) is 82.6 Å². The number of methoxy groups -OCH3 is 1. The highest BCUT2D eigenvalue weighted by Crippen LogP contribution is 2.26. The lowest BCUT2D eigenvalue weighted by atomic mass is 10.2. The first-order valence-electron chi connectivity index (χ1n) is 10.3. The summed E-state index contributed by atoms with van der Waals surface area (Å²) in [5, 5.41) is 15.4. The molecule has 30 heavy (non-hydrogen) atoms. The minimum Gasteiger partial charge on any atom is -0.494 e. The lowest BCUT2D eigenvalue weighted by Gasteiger charge is -2.34. The van der Waals surface area contributed by atoms with Crippen LogP contribution in [0, 0.1) is 5.82 Å². The van der Waals surface area contributed by atoms with Gasteiger partial charge in [-0.2, -0.15) is 0 Å². The molecule has 2 amide bonds. The van der Waals surface area contributed by atoms with Crippen LogP contribution in [0.5, 0.6) is 5.75 Å². The second-order valence-corrected chi connectivity index (χ2v) is 8.66. The highest BCUT2D eigenvalue weighted by atomic mass is 32.1. The number of nitrogens with one attached hydrogen (secondary N) is 2. The fraction of sp³-hybridized carbons (Fsp3) is 0.550. The van der Waals surface area contributed by atoms with Crippen LogP contribution >= 0.6 is 11.3 Å². The number of piperazine rings is 1. The molecule has 0 spiro atoms. The molecule has 2 heterocycles. The first kappa shape index (κ1) is 20.8. The fourth-order valence-electron chi connectivity index (χ4n) is 3.95. The van der Waals surface area contributed by atoms with Gasteiger partial charge in [0, 0.05) is 38.8 Å². The smallest absolute Gasteiger partial charge is 0.321 e. The van der Waals surface area contributed by atoms with Crippen molar-refractivity contribution in [2.24, 2.45) is 0 Å². The molecule has 0 radical (unpaired) electrons. The van der Waals surface area contributed by atoms with Crippen LogP contribution in [-0.2, 0) is 6.54 Å². The molecule has 0 atom stereocenters. The van der Waals surface area contributed by atoms with Crippen molar-refractivity contribution < 1.29 is 13.9 Å². The Morgan fingerprint density at radius 3 is 2.70 bits per heavy atom. The molecule has 1 aromatic carbocycles. The third-order valence-electron chi connectivity index (χ3n) is 5.59. The molecule has 1 aliphatic heterocycles. The lowest BCUT2D eigenvalue weighted by molar-refractivity contribution is 0.248. The molecule has 1 aromatic heterocycles. The van der Waals surface area contributed by atoms with E-state index in [0.717, 1.165) is 49.7 Å². The predicted octanol–water partition coefficient (Wildman–Crippen LogP) is 3.07. The van der Waals surface area contributed by atoms with Crippen LogP contribution in [0.4, 0.5) is 19.4 Å². The molecule has 2 N–H and O–H groups in total. The first-order valence-corrected chi connectivity index (χ1v) is 11.1. The number of hydrogen-bond donors (Lipinski definition) is 2. The van der Waals surface area contributed by atoms with E-state index in [-0.39, 0.29) is 23.6 Å². The van der Waals surface area contributed by atoms with Crippen molar-refractivity contribution in [3.63, 3.8) is 0 Å². The molecule has 2 fully saturated rings. The zero-order valence-corrected chi connectivity index (χ0v) is 17.9. The van der Waals surface area contributed by atoms with Crippen LogP contribution in [0.1, 0.15) is 31.2 Å². The molecule has 2 aromatic rings. The van der Waals surface area contributed by atoms with Crippen molar-refractivity contribution in [3.8, 4) is 5.75 Å². The summed E-state index contributed by atoms with van der Waals surface area (Å²) in [6, 6.07) is 5.16. The maximum atomic E-state index is 13.9. The fourth-order valence-corrected chi connectivity index (χ4v) is 4.74. The number of ether oxygens (including phenoxy) is 1. The van der Waals surface area contributed by atoms with E-state index < -0.39 is 0 Å². The van der Waals surface area contributed by atoms with Crippen molar-refractivity contribution in [1.82, 2.24) is 20.4 Å². The summed E-state index contributed by atoms with van der Waals surface area (Å²) in [7, 11) is 1.47. The number of halogens is 1. The van der Waals surface area contributed by atoms with Gasteiger partial charge in [-0.25, -0.2) is 9.18 Å². The van der Waals surface area contributed by atoms with Gasteiger partial charge in [-0.3, -0.25) is 10.2 Å². The second kappa shape index (κ2) is 9.57. The molecular weight excluding hydrogens is 407 g/mol. The third kappa shape index (κ3) is 5.17. The Balaban J connectivity index is 1.25. The number of hydrogen-bond acceptors (Lipinski definition) is 7. The molecule has 10 heteroatoms. The Hall–Kier alpha value is -2.46. The molecule has 2 aliphatic rings. The van der Waals surface area contributed by atoms with E-state index in [1.54, 1.807) is 6.07 Å². The van der Waals surface area contributed by atoms with Gasteiger partial charge in [0.05, 0.1) is 7.11 Å². The number of nitrogens with zero attached hydrogens (tertiary/aromatic N) is 4. The Morgan fingerprint density at radius 1 is 1.23 bits per heavy atom. The summed E-state index contributed by atoms with van der Waals surface area (Å²) in [4.78, 5) is 16.6. The van der Waals surface area contributed by atoms with Gasteiger partial charge in [0.1, 0.15) is 0 Å². The maximum absolute atomic E-state index is 13.9. The van der Waals surface area contributed by atoms with Crippen molar-refractivity contribution in [2.75, 3.05) is 43.5 Å². The summed E-state index contributed by atoms with van der Waals surface area (Å²) < 4.78 is 18.9. The van der Waals surface area contributed by atoms with Crippen LogP contribution in [0.2, 0.25) is 0 Å². The SMILES string of the molecule is COc1ccc(CN2CCN(c3nnc(NC(=O)NC4CCCC4)s3)CC2)cc1F. The quantitative estimate of drug-likeness (QED) is 0.727. The van der Waals surface area contributed by atoms with Crippen LogP contribution < -0.4 is 20.3 Å². The number of rotatable bonds is 6. The van der Waals surface area contributed by atoms with Crippen LogP contribution in [0.25, 0.3) is 0 Å². The van der Waals surface area contributed by atoms with Crippen molar-refractivity contribution in [2.45, 2.75) is 38.3 Å². The van der Waals surface area contributed by atoms with Crippen LogP contribution in [0.15, 0.2) is 18.2 Å². The standard InChI is InChI=1S/C20H27FN6O2S/c1-29-17-7-6-14(12-16(17)21)13-26-8-10-27(11-9-26)20-25-24-19(30-20)23-18(28)22-15-4-2-3-5-15/h6-7,12,15H,2-5,8-11,13H2,1H3,(H2,22,23,24,28). The van der Waals surface area contributed by atoms with E-state index in [0.29, 0.717) is 11.7 Å². The lowest BCUT2D eigenvalue weighted by Crippen LogP contribution is -2.45. The van der Waals surface area contributed by atoms with Gasteiger partial charge in [-0.1, -0.05) is 30.2 Å². The number of carbonyl (C=O) groups excluding carboxylic acids is 1. The molecular formula is C20H27FN6O2S. The highest BCUT2D eigenvalue weighted by molar-refractivity contribution is 7.19. The number of amides is 2. The summed E-state index contributed by atoms with van der Waals surface area (Å²) in [6.07, 6.45) is 4.44. The van der Waals surface area contributed by atoms with Gasteiger partial charge < -0.3 is 15.0 Å². The van der Waals surface area contributed by atoms with Gasteiger partial charge in [0.15, 0.2) is 11.6 Å². The van der Waals surface area contributed by atoms with E-state index in [9.17, 15) is 9.18 Å². The number of benzene rings is 1. The van der Waals surface area contributed by atoms with E-state index in [1.807, 2.05) is 6.07 Å². The van der Waals surface area contributed by atoms with Gasteiger partial charge in [-0.15, -0.1) is 10.2 Å². The summed E-state index contributed by atoms with van der Waals surface area (Å²) in [6.45, 7) is 4.00. The molecule has 0 unspecified atom stereocenters. The Kier molecular flexibility index (Phi) is 6.63. The van der Waals surface area contributed by atoms with E-state index in [4.69, 9.17) is 4.74 Å². The van der Waals surface area contributed by atoms with E-state index in [1.165, 1.54) is 37.4 Å². The van der Waals surface area contributed by atoms with Crippen LogP contribution in [-0.4, -0.2) is 60.5 Å². The van der Waals surface area contributed by atoms with Crippen LogP contribution in [0.3, 0.4) is 0 Å². The Morgan fingerprint density at radius 2 is 2.00 bits per heavy atom. The monoisotopic (exact) mass is 434 g/mol. The minimum atomic E-state index is -0.334. The molecule has 4 rings (SSSR count).